The minimum Gasteiger partial charge on any atom is -0.364 e. The fourth-order valence-electron chi connectivity index (χ4n) is 3.07. The summed E-state index contributed by atoms with van der Waals surface area (Å²) in [6, 6.07) is 8.87. The molecule has 1 saturated heterocycles. The van der Waals surface area contributed by atoms with Gasteiger partial charge in [0.2, 0.25) is 5.91 Å². The molecule has 3 aromatic rings. The van der Waals surface area contributed by atoms with Crippen molar-refractivity contribution in [3.8, 4) is 11.3 Å². The summed E-state index contributed by atoms with van der Waals surface area (Å²) in [4.78, 5) is 31.2. The number of benzene rings is 1. The Kier molecular flexibility index (Phi) is 5.14. The number of carbonyl (C=O) groups excluding carboxylic acids is 2. The van der Waals surface area contributed by atoms with Gasteiger partial charge in [-0.2, -0.15) is 0 Å². The van der Waals surface area contributed by atoms with Gasteiger partial charge in [0.15, 0.2) is 5.13 Å². The van der Waals surface area contributed by atoms with E-state index in [1.165, 1.54) is 11.3 Å². The van der Waals surface area contributed by atoms with E-state index in [4.69, 9.17) is 17.3 Å². The van der Waals surface area contributed by atoms with Crippen LogP contribution in [0.2, 0.25) is 5.02 Å². The molecule has 8 nitrogen and oxygen atoms in total. The Morgan fingerprint density at radius 3 is 2.79 bits per heavy atom. The summed E-state index contributed by atoms with van der Waals surface area (Å²) in [6.45, 7) is 0.497. The number of hydrogen-bond acceptors (Lipinski definition) is 6. The van der Waals surface area contributed by atoms with Crippen LogP contribution in [0.25, 0.3) is 11.3 Å². The molecule has 1 aliphatic rings. The highest BCUT2D eigenvalue weighted by atomic mass is 35.5. The number of hydrazine groups is 1. The first kappa shape index (κ1) is 18.6. The number of nitrogens with two attached hydrogens (primary N) is 1. The molecule has 10 heteroatoms. The van der Waals surface area contributed by atoms with Crippen LogP contribution in [0, 0.1) is 5.92 Å². The van der Waals surface area contributed by atoms with Crippen LogP contribution in [0.15, 0.2) is 41.9 Å². The SMILES string of the molecule is NC(=O)c1cc(-c2csc(NC(=O)C3CNNC3c3ccc(Cl)cc3)n2)c[nH]1. The Balaban J connectivity index is 1.46. The lowest BCUT2D eigenvalue weighted by Crippen LogP contribution is -2.29. The van der Waals surface area contributed by atoms with Crippen LogP contribution in [-0.2, 0) is 4.79 Å². The van der Waals surface area contributed by atoms with Gasteiger partial charge in [0.05, 0.1) is 17.7 Å². The number of amides is 2. The number of thiazole rings is 1. The maximum absolute atomic E-state index is 12.8. The lowest BCUT2D eigenvalue weighted by molar-refractivity contribution is -0.119. The average Bonchev–Trinajstić information content (AvgIpc) is 3.42. The lowest BCUT2D eigenvalue weighted by Gasteiger charge is -2.17. The number of nitrogens with zero attached hydrogens (tertiary/aromatic N) is 1. The zero-order valence-electron chi connectivity index (χ0n) is 14.5. The minimum atomic E-state index is -0.538. The van der Waals surface area contributed by atoms with E-state index in [0.29, 0.717) is 28.1 Å². The highest BCUT2D eigenvalue weighted by molar-refractivity contribution is 7.14. The topological polar surface area (TPSA) is 125 Å². The number of primary amides is 1. The van der Waals surface area contributed by atoms with Crippen molar-refractivity contribution in [2.45, 2.75) is 6.04 Å². The van der Waals surface area contributed by atoms with Crippen molar-refractivity contribution in [1.82, 2.24) is 20.8 Å². The zero-order chi connectivity index (χ0) is 19.7. The van der Waals surface area contributed by atoms with Crippen LogP contribution in [-0.4, -0.2) is 28.3 Å². The number of aromatic nitrogens is 2. The van der Waals surface area contributed by atoms with Crippen molar-refractivity contribution < 1.29 is 9.59 Å². The first-order chi connectivity index (χ1) is 13.5. The molecule has 2 atom stereocenters. The third kappa shape index (κ3) is 3.78. The molecule has 0 spiro atoms. The highest BCUT2D eigenvalue weighted by Gasteiger charge is 2.34. The molecule has 0 bridgehead atoms. The van der Waals surface area contributed by atoms with E-state index < -0.39 is 5.91 Å². The Labute approximate surface area is 169 Å². The van der Waals surface area contributed by atoms with Crippen LogP contribution in [0.1, 0.15) is 22.1 Å². The molecular weight excluding hydrogens is 400 g/mol. The maximum atomic E-state index is 12.8. The molecule has 0 aliphatic carbocycles. The second kappa shape index (κ2) is 7.72. The quantitative estimate of drug-likeness (QED) is 0.436. The predicted molar refractivity (Wildman–Crippen MR) is 108 cm³/mol. The molecule has 6 N–H and O–H groups in total. The second-order valence-electron chi connectivity index (χ2n) is 6.35. The van der Waals surface area contributed by atoms with Crippen molar-refractivity contribution in [1.29, 1.82) is 0 Å². The van der Waals surface area contributed by atoms with Crippen molar-refractivity contribution >= 4 is 39.9 Å². The van der Waals surface area contributed by atoms with Gasteiger partial charge < -0.3 is 16.0 Å². The first-order valence-corrected chi connectivity index (χ1v) is 9.76. The van der Waals surface area contributed by atoms with E-state index in [9.17, 15) is 9.59 Å². The number of aromatic amines is 1. The molecule has 28 heavy (non-hydrogen) atoms. The van der Waals surface area contributed by atoms with Crippen molar-refractivity contribution in [3.05, 3.63) is 58.2 Å². The summed E-state index contributed by atoms with van der Waals surface area (Å²) < 4.78 is 0. The molecule has 3 heterocycles. The molecule has 2 amide bonds. The van der Waals surface area contributed by atoms with E-state index in [0.717, 1.165) is 11.1 Å². The number of H-pyrrole nitrogens is 1. The van der Waals surface area contributed by atoms with Gasteiger partial charge in [-0.25, -0.2) is 10.4 Å². The predicted octanol–water partition coefficient (Wildman–Crippen LogP) is 2.29. The number of rotatable bonds is 5. The number of carbonyl (C=O) groups is 2. The van der Waals surface area contributed by atoms with Gasteiger partial charge in [-0.1, -0.05) is 23.7 Å². The third-order valence-corrected chi connectivity index (χ3v) is 5.54. The van der Waals surface area contributed by atoms with Crippen molar-refractivity contribution in [2.24, 2.45) is 11.7 Å². The largest absolute Gasteiger partial charge is 0.364 e. The van der Waals surface area contributed by atoms with Crippen LogP contribution < -0.4 is 21.9 Å². The lowest BCUT2D eigenvalue weighted by atomic mass is 9.94. The fraction of sp³-hybridized carbons (Fsp3) is 0.167. The van der Waals surface area contributed by atoms with Gasteiger partial charge in [0, 0.05) is 28.7 Å². The number of halogens is 1. The molecule has 2 unspecified atom stereocenters. The van der Waals surface area contributed by atoms with Gasteiger partial charge in [-0.3, -0.25) is 15.0 Å². The van der Waals surface area contributed by atoms with Gasteiger partial charge in [0.25, 0.3) is 5.91 Å². The number of hydrogen-bond donors (Lipinski definition) is 5. The molecule has 0 saturated carbocycles. The molecule has 1 aliphatic heterocycles. The smallest absolute Gasteiger partial charge is 0.265 e. The summed E-state index contributed by atoms with van der Waals surface area (Å²) in [7, 11) is 0. The molecule has 2 aromatic heterocycles. The first-order valence-electron chi connectivity index (χ1n) is 8.50. The normalized spacial score (nSPS) is 18.9. The standard InChI is InChI=1S/C18H17ClN6O2S/c19-11-3-1-9(2-4-11)15-12(7-22-25-15)17(27)24-18-23-14(8-28-18)10-5-13(16(20)26)21-6-10/h1-6,8,12,15,21-22,25H,7H2,(H2,20,26)(H,23,24,27). The highest BCUT2D eigenvalue weighted by Crippen LogP contribution is 2.29. The van der Waals surface area contributed by atoms with E-state index in [1.54, 1.807) is 24.4 Å². The summed E-state index contributed by atoms with van der Waals surface area (Å²) in [5.74, 6) is -0.975. The molecule has 1 aromatic carbocycles. The van der Waals surface area contributed by atoms with Gasteiger partial charge in [0.1, 0.15) is 5.69 Å². The number of anilines is 1. The van der Waals surface area contributed by atoms with E-state index >= 15 is 0 Å². The van der Waals surface area contributed by atoms with Crippen LogP contribution in [0.4, 0.5) is 5.13 Å². The van der Waals surface area contributed by atoms with E-state index in [2.05, 4.69) is 26.1 Å². The minimum absolute atomic E-state index is 0.134. The molecule has 0 radical (unpaired) electrons. The Hall–Kier alpha value is -2.72. The second-order valence-corrected chi connectivity index (χ2v) is 7.65. The maximum Gasteiger partial charge on any atom is 0.265 e. The Morgan fingerprint density at radius 2 is 2.07 bits per heavy atom. The van der Waals surface area contributed by atoms with Crippen molar-refractivity contribution in [3.63, 3.8) is 0 Å². The average molecular weight is 417 g/mol. The Morgan fingerprint density at radius 1 is 1.29 bits per heavy atom. The Bertz CT molecular complexity index is 1020. The molecular formula is C18H17ClN6O2S. The zero-order valence-corrected chi connectivity index (χ0v) is 16.1. The van der Waals surface area contributed by atoms with Crippen molar-refractivity contribution in [2.75, 3.05) is 11.9 Å². The van der Waals surface area contributed by atoms with Crippen LogP contribution in [0.5, 0.6) is 0 Å². The summed E-state index contributed by atoms with van der Waals surface area (Å²) >= 11 is 7.26. The molecule has 1 fully saturated rings. The van der Waals surface area contributed by atoms with Gasteiger partial charge >= 0.3 is 0 Å². The summed E-state index contributed by atoms with van der Waals surface area (Å²) in [5, 5.41) is 5.82. The fourth-order valence-corrected chi connectivity index (χ4v) is 3.92. The summed E-state index contributed by atoms with van der Waals surface area (Å²) in [6.07, 6.45) is 1.65. The van der Waals surface area contributed by atoms with E-state index in [-0.39, 0.29) is 17.9 Å². The molecule has 4 rings (SSSR count). The van der Waals surface area contributed by atoms with Gasteiger partial charge in [-0.05, 0) is 23.8 Å². The third-order valence-electron chi connectivity index (χ3n) is 4.53. The van der Waals surface area contributed by atoms with E-state index in [1.807, 2.05) is 17.5 Å². The van der Waals surface area contributed by atoms with Gasteiger partial charge in [-0.15, -0.1) is 11.3 Å². The van der Waals surface area contributed by atoms with Crippen LogP contribution in [0.3, 0.4) is 0 Å². The molecule has 144 valence electrons. The van der Waals surface area contributed by atoms with Crippen LogP contribution >= 0.6 is 22.9 Å². The monoisotopic (exact) mass is 416 g/mol. The number of nitrogens with one attached hydrogen (secondary N) is 4. The summed E-state index contributed by atoms with van der Waals surface area (Å²) in [5.41, 5.74) is 14.1.